The van der Waals surface area contributed by atoms with Gasteiger partial charge in [0, 0.05) is 26.4 Å². The van der Waals surface area contributed by atoms with Crippen LogP contribution in [-0.2, 0) is 28.7 Å². The number of unbranched alkanes of at least 4 members (excludes halogenated alkanes) is 1. The number of carbonyl (C=O) groups is 4. The van der Waals surface area contributed by atoms with Crippen molar-refractivity contribution in [3.8, 4) is 0 Å². The Labute approximate surface area is 363 Å². The molecule has 2 rings (SSSR count). The van der Waals surface area contributed by atoms with Crippen molar-refractivity contribution in [3.63, 3.8) is 0 Å². The van der Waals surface area contributed by atoms with Crippen molar-refractivity contribution in [2.24, 2.45) is 10.8 Å². The highest BCUT2D eigenvalue weighted by molar-refractivity contribution is 6.02. The molecule has 2 aliphatic carbocycles. The number of methoxy groups -OCH3 is 1. The van der Waals surface area contributed by atoms with E-state index >= 15 is 0 Å². The van der Waals surface area contributed by atoms with E-state index in [0.717, 1.165) is 64.8 Å². The van der Waals surface area contributed by atoms with Crippen LogP contribution in [-0.4, -0.2) is 82.3 Å². The largest absolute Gasteiger partial charge is 0.454 e. The molecule has 0 saturated heterocycles. The van der Waals surface area contributed by atoms with Crippen molar-refractivity contribution in [1.82, 2.24) is 10.2 Å². The van der Waals surface area contributed by atoms with E-state index in [0.29, 0.717) is 37.7 Å². The first kappa shape index (κ1) is 53.5. The van der Waals surface area contributed by atoms with E-state index in [1.54, 1.807) is 7.11 Å². The molecular weight excluding hydrogens is 749 g/mol. The molecule has 8 nitrogen and oxygen atoms in total. The maximum absolute atomic E-state index is 13.1. The molecule has 8 heteroatoms. The molecule has 2 unspecified atom stereocenters. The van der Waals surface area contributed by atoms with Crippen LogP contribution in [0.15, 0.2) is 130 Å². The minimum Gasteiger partial charge on any atom is -0.454 e. The minimum absolute atomic E-state index is 0.0786. The molecule has 0 aliphatic heterocycles. The lowest BCUT2D eigenvalue weighted by Gasteiger charge is -2.36. The monoisotopic (exact) mass is 825 g/mol. The molecule has 60 heavy (non-hydrogen) atoms. The molecule has 330 valence electrons. The van der Waals surface area contributed by atoms with Gasteiger partial charge < -0.3 is 24.5 Å². The standard InChI is InChI=1S/C47H65NO5.C5H11NO/c1-33(21-16-23-35(3)26-28-39-37(5)44(50)41(52-13)31-46(39,7)8)19-14-15-20-34(2)22-17-24-36(4)27-29-40-38(6)45(51)42(32-47(40,9)10)53-43(49)25-18-30-48(11)12;1-6-4-2-3-5-7/h14-17,19-24,26-29,41-42H,18,25,30-32H2,1-13H3;5-6H,2-4H2,1H3/b15-14+,21-16+,22-17+,28-26+,29-27+,33-19+,34-20+,35-23+,36-24+;. The number of nitrogens with one attached hydrogen (secondary N) is 1. The highest BCUT2D eigenvalue weighted by Crippen LogP contribution is 2.42. The van der Waals surface area contributed by atoms with E-state index in [1.807, 2.05) is 89.3 Å². The van der Waals surface area contributed by atoms with Crippen LogP contribution in [0.1, 0.15) is 108 Å². The number of hydrogen-bond donors (Lipinski definition) is 1. The highest BCUT2D eigenvalue weighted by Gasteiger charge is 2.40. The quantitative estimate of drug-likeness (QED) is 0.0561. The van der Waals surface area contributed by atoms with Crippen molar-refractivity contribution < 1.29 is 28.7 Å². The lowest BCUT2D eigenvalue weighted by Crippen LogP contribution is -2.39. The van der Waals surface area contributed by atoms with Gasteiger partial charge in [-0.15, -0.1) is 0 Å². The summed E-state index contributed by atoms with van der Waals surface area (Å²) >= 11 is 0. The van der Waals surface area contributed by atoms with Crippen molar-refractivity contribution in [2.75, 3.05) is 41.3 Å². The third kappa shape index (κ3) is 19.7. The van der Waals surface area contributed by atoms with E-state index in [1.165, 1.54) is 0 Å². The first-order valence-corrected chi connectivity index (χ1v) is 21.2. The Hall–Kier alpha value is -4.50. The molecule has 0 saturated carbocycles. The summed E-state index contributed by atoms with van der Waals surface area (Å²) in [5.41, 5.74) is 7.48. The summed E-state index contributed by atoms with van der Waals surface area (Å²) in [6.07, 6.45) is 32.4. The number of esters is 1. The van der Waals surface area contributed by atoms with Crippen molar-refractivity contribution in [1.29, 1.82) is 0 Å². The van der Waals surface area contributed by atoms with Crippen LogP contribution in [0, 0.1) is 10.8 Å². The number of carbonyl (C=O) groups excluding carboxylic acids is 4. The Bertz CT molecular complexity index is 1820. The third-order valence-electron chi connectivity index (χ3n) is 10.6. The maximum atomic E-state index is 13.1. The summed E-state index contributed by atoms with van der Waals surface area (Å²) in [7, 11) is 7.42. The lowest BCUT2D eigenvalue weighted by molar-refractivity contribution is -0.156. The highest BCUT2D eigenvalue weighted by atomic mass is 16.5. The van der Waals surface area contributed by atoms with Gasteiger partial charge in [0.15, 0.2) is 17.7 Å². The van der Waals surface area contributed by atoms with Gasteiger partial charge in [-0.2, -0.15) is 0 Å². The number of ketones is 2. The second-order valence-corrected chi connectivity index (χ2v) is 17.4. The fraction of sp³-hybridized carbons (Fsp3) is 0.500. The fourth-order valence-electron chi connectivity index (χ4n) is 6.97. The second-order valence-electron chi connectivity index (χ2n) is 17.4. The molecule has 0 fully saturated rings. The number of ether oxygens (including phenoxy) is 2. The Balaban J connectivity index is 0.00000235. The molecule has 2 atom stereocenters. The molecule has 0 aromatic carbocycles. The Morgan fingerprint density at radius 1 is 0.717 bits per heavy atom. The van der Waals surface area contributed by atoms with Crippen LogP contribution in [0.3, 0.4) is 0 Å². The SMILES string of the molecule is CNCCCC=O.COC1CC(C)(C)C(/C=C/C(C)=C/C=C/C(C)=C/C=C/C=C(C)/C=C/C=C(C)/C=C/C2=C(C)C(=O)C(OC(=O)CCCN(C)C)CC2(C)C)=C(C)C1=O. The normalized spacial score (nSPS) is 20.8. The molecule has 0 spiro atoms. The Morgan fingerprint density at radius 2 is 1.15 bits per heavy atom. The second kappa shape index (κ2) is 27.4. The summed E-state index contributed by atoms with van der Waals surface area (Å²) in [4.78, 5) is 49.8. The van der Waals surface area contributed by atoms with Gasteiger partial charge in [0.05, 0.1) is 0 Å². The summed E-state index contributed by atoms with van der Waals surface area (Å²) < 4.78 is 11.0. The molecule has 0 heterocycles. The molecule has 0 aromatic heterocycles. The van der Waals surface area contributed by atoms with Gasteiger partial charge in [0.2, 0.25) is 0 Å². The maximum Gasteiger partial charge on any atom is 0.306 e. The van der Waals surface area contributed by atoms with E-state index < -0.39 is 6.10 Å². The number of allylic oxidation sites excluding steroid dienone is 20. The number of rotatable bonds is 20. The molecule has 0 radical (unpaired) electrons. The zero-order valence-electron chi connectivity index (χ0n) is 39.4. The lowest BCUT2D eigenvalue weighted by atomic mass is 9.71. The third-order valence-corrected chi connectivity index (χ3v) is 10.6. The van der Waals surface area contributed by atoms with Crippen LogP contribution >= 0.6 is 0 Å². The Morgan fingerprint density at radius 3 is 1.58 bits per heavy atom. The number of hydrogen-bond acceptors (Lipinski definition) is 8. The topological polar surface area (TPSA) is 102 Å². The van der Waals surface area contributed by atoms with Crippen LogP contribution < -0.4 is 5.32 Å². The molecule has 0 aromatic rings. The van der Waals surface area contributed by atoms with Crippen LogP contribution in [0.2, 0.25) is 0 Å². The van der Waals surface area contributed by atoms with Crippen LogP contribution in [0.5, 0.6) is 0 Å². The Kier molecular flexibility index (Phi) is 24.4. The van der Waals surface area contributed by atoms with Crippen LogP contribution in [0.25, 0.3) is 0 Å². The average Bonchev–Trinajstić information content (AvgIpc) is 3.16. The van der Waals surface area contributed by atoms with E-state index in [2.05, 4.69) is 96.3 Å². The van der Waals surface area contributed by atoms with Gasteiger partial charge in [-0.25, -0.2) is 0 Å². The zero-order chi connectivity index (χ0) is 45.5. The van der Waals surface area contributed by atoms with Gasteiger partial charge in [-0.3, -0.25) is 14.4 Å². The number of Topliss-reactive ketones (excluding diaryl/α,β-unsaturated/α-hetero) is 2. The minimum atomic E-state index is -0.726. The zero-order valence-corrected chi connectivity index (χ0v) is 39.4. The number of nitrogens with zero attached hydrogens (tertiary/aromatic N) is 1. The van der Waals surface area contributed by atoms with Gasteiger partial charge in [0.1, 0.15) is 12.4 Å². The first-order chi connectivity index (χ1) is 28.2. The smallest absolute Gasteiger partial charge is 0.306 e. The van der Waals surface area contributed by atoms with Gasteiger partial charge in [-0.05, 0) is 128 Å². The summed E-state index contributed by atoms with van der Waals surface area (Å²) in [6, 6.07) is 0. The van der Waals surface area contributed by atoms with Crippen molar-refractivity contribution in [3.05, 3.63) is 130 Å². The summed E-state index contributed by atoms with van der Waals surface area (Å²) in [5.74, 6) is -0.336. The van der Waals surface area contributed by atoms with Gasteiger partial charge in [-0.1, -0.05) is 135 Å². The fourth-order valence-corrected chi connectivity index (χ4v) is 6.97. The van der Waals surface area contributed by atoms with E-state index in [-0.39, 0.29) is 34.5 Å². The summed E-state index contributed by atoms with van der Waals surface area (Å²) in [5, 5.41) is 2.94. The molecule has 1 N–H and O–H groups in total. The van der Waals surface area contributed by atoms with Gasteiger partial charge >= 0.3 is 5.97 Å². The van der Waals surface area contributed by atoms with E-state index in [9.17, 15) is 19.2 Å². The van der Waals surface area contributed by atoms with Crippen LogP contribution in [0.4, 0.5) is 0 Å². The molecule has 2 aliphatic rings. The average molecular weight is 825 g/mol. The van der Waals surface area contributed by atoms with Crippen molar-refractivity contribution in [2.45, 2.75) is 120 Å². The molecule has 0 bridgehead atoms. The molecular formula is C52H76N2O6. The van der Waals surface area contributed by atoms with Gasteiger partial charge in [0.25, 0.3) is 0 Å². The predicted octanol–water partition coefficient (Wildman–Crippen LogP) is 10.6. The van der Waals surface area contributed by atoms with E-state index in [4.69, 9.17) is 9.47 Å². The first-order valence-electron chi connectivity index (χ1n) is 21.2. The molecule has 0 amide bonds. The van der Waals surface area contributed by atoms with Crippen molar-refractivity contribution >= 4 is 23.8 Å². The predicted molar refractivity (Wildman–Crippen MR) is 251 cm³/mol. The summed E-state index contributed by atoms with van der Waals surface area (Å²) in [6.45, 7) is 22.2. The number of aldehydes is 1.